The van der Waals surface area contributed by atoms with Crippen molar-refractivity contribution in [1.82, 2.24) is 4.57 Å². The quantitative estimate of drug-likeness (QED) is 0.137. The average molecular weight is 643 g/mol. The van der Waals surface area contributed by atoms with Crippen LogP contribution in [0.4, 0.5) is 0 Å². The molecule has 7 nitrogen and oxygen atoms in total. The number of rotatable bonds is 11. The molecule has 2 heterocycles. The van der Waals surface area contributed by atoms with E-state index in [-0.39, 0.29) is 18.3 Å². The lowest BCUT2D eigenvalue weighted by Crippen LogP contribution is -2.40. The first kappa shape index (κ1) is 32.0. The van der Waals surface area contributed by atoms with Gasteiger partial charge in [0.25, 0.3) is 5.56 Å². The van der Waals surface area contributed by atoms with Crippen molar-refractivity contribution in [1.29, 1.82) is 0 Å². The summed E-state index contributed by atoms with van der Waals surface area (Å²) in [5.41, 5.74) is 4.02. The molecule has 1 atom stereocenters. The lowest BCUT2D eigenvalue weighted by atomic mass is 9.95. The molecule has 0 bridgehead atoms. The zero-order valence-corrected chi connectivity index (χ0v) is 27.3. The zero-order valence-electron chi connectivity index (χ0n) is 25.7. The Balaban J connectivity index is 1.58. The Labute approximate surface area is 271 Å². The second-order valence-corrected chi connectivity index (χ2v) is 12.2. The monoisotopic (exact) mass is 642 g/mol. The van der Waals surface area contributed by atoms with Crippen LogP contribution in [0.1, 0.15) is 56.0 Å². The summed E-state index contributed by atoms with van der Waals surface area (Å²) >= 11 is 7.29. The van der Waals surface area contributed by atoms with Gasteiger partial charge in [0.2, 0.25) is 0 Å². The third-order valence-corrected chi connectivity index (χ3v) is 8.38. The number of para-hydroxylation sites is 1. The Morgan fingerprint density at radius 1 is 1.11 bits per heavy atom. The van der Waals surface area contributed by atoms with Gasteiger partial charge >= 0.3 is 5.97 Å². The van der Waals surface area contributed by atoms with E-state index < -0.39 is 12.0 Å². The van der Waals surface area contributed by atoms with Crippen LogP contribution >= 0.6 is 22.9 Å². The molecule has 4 aromatic rings. The minimum absolute atomic E-state index is 0.110. The summed E-state index contributed by atoms with van der Waals surface area (Å²) in [5, 5.41) is 0.674. The van der Waals surface area contributed by atoms with E-state index in [9.17, 15) is 9.59 Å². The molecule has 3 aromatic carbocycles. The smallest absolute Gasteiger partial charge is 0.338 e. The molecule has 0 N–H and O–H groups in total. The van der Waals surface area contributed by atoms with Crippen molar-refractivity contribution in [3.05, 3.63) is 138 Å². The molecular formula is C36H35ClN2O5S. The van der Waals surface area contributed by atoms with E-state index in [1.807, 2.05) is 92.7 Å². The molecule has 1 aromatic heterocycles. The van der Waals surface area contributed by atoms with Gasteiger partial charge in [-0.3, -0.25) is 9.36 Å². The van der Waals surface area contributed by atoms with Gasteiger partial charge in [0.15, 0.2) is 4.80 Å². The van der Waals surface area contributed by atoms with Gasteiger partial charge < -0.3 is 14.2 Å². The molecule has 0 fully saturated rings. The van der Waals surface area contributed by atoms with Gasteiger partial charge in [-0.05, 0) is 87.2 Å². The fourth-order valence-corrected chi connectivity index (χ4v) is 6.36. The van der Waals surface area contributed by atoms with E-state index in [0.29, 0.717) is 50.0 Å². The van der Waals surface area contributed by atoms with Crippen LogP contribution in [-0.4, -0.2) is 23.2 Å². The average Bonchev–Trinajstić information content (AvgIpc) is 3.31. The maximum atomic E-state index is 14.1. The number of aromatic nitrogens is 1. The number of esters is 1. The van der Waals surface area contributed by atoms with Crippen LogP contribution in [-0.2, 0) is 22.6 Å². The predicted molar refractivity (Wildman–Crippen MR) is 179 cm³/mol. The Hall–Kier alpha value is -4.40. The Kier molecular flexibility index (Phi) is 10.1. The number of hydrogen-bond donors (Lipinski definition) is 0. The van der Waals surface area contributed by atoms with Crippen LogP contribution in [0, 0.1) is 0 Å². The van der Waals surface area contributed by atoms with Crippen molar-refractivity contribution in [2.24, 2.45) is 4.99 Å². The Morgan fingerprint density at radius 3 is 2.58 bits per heavy atom. The molecule has 5 rings (SSSR count). The number of benzene rings is 3. The minimum Gasteiger partial charge on any atom is -0.491 e. The Morgan fingerprint density at radius 2 is 1.87 bits per heavy atom. The molecule has 0 aliphatic carbocycles. The molecule has 0 amide bonds. The molecule has 0 saturated carbocycles. The molecule has 9 heteroatoms. The largest absolute Gasteiger partial charge is 0.491 e. The molecule has 0 saturated heterocycles. The summed E-state index contributed by atoms with van der Waals surface area (Å²) in [4.78, 5) is 32.6. The Bertz CT molecular complexity index is 1940. The van der Waals surface area contributed by atoms with E-state index in [1.54, 1.807) is 18.4 Å². The fourth-order valence-electron chi connectivity index (χ4n) is 5.19. The van der Waals surface area contributed by atoms with E-state index in [2.05, 4.69) is 6.58 Å². The number of carbonyl (C=O) groups is 1. The van der Waals surface area contributed by atoms with Crippen LogP contribution in [0.15, 0.2) is 100 Å². The number of ether oxygens (including phenoxy) is 3. The van der Waals surface area contributed by atoms with Gasteiger partial charge in [0, 0.05) is 10.6 Å². The van der Waals surface area contributed by atoms with Gasteiger partial charge in [-0.25, -0.2) is 9.79 Å². The topological polar surface area (TPSA) is 79.1 Å². The highest BCUT2D eigenvalue weighted by Gasteiger charge is 2.35. The van der Waals surface area contributed by atoms with E-state index >= 15 is 0 Å². The van der Waals surface area contributed by atoms with Crippen molar-refractivity contribution in [2.45, 2.75) is 52.9 Å². The van der Waals surface area contributed by atoms with Crippen molar-refractivity contribution >= 4 is 35.0 Å². The fraction of sp³-hybridized carbons (Fsp3) is 0.250. The number of fused-ring (bicyclic) bond motifs is 1. The minimum atomic E-state index is -0.766. The summed E-state index contributed by atoms with van der Waals surface area (Å²) in [7, 11) is 0. The van der Waals surface area contributed by atoms with Crippen molar-refractivity contribution in [3.8, 4) is 11.5 Å². The summed E-state index contributed by atoms with van der Waals surface area (Å²) in [6.07, 6.45) is 4.14. The third-order valence-electron chi connectivity index (χ3n) is 7.15. The van der Waals surface area contributed by atoms with Gasteiger partial charge in [-0.1, -0.05) is 65.4 Å². The SMILES string of the molecule is C=CCc1cc(/C=c2/sc3n(c2=O)[C@H](c2ccccc2OC(C)C)C(C(=O)OCC)=C(C)N=3)ccc1OCc1ccc(Cl)cc1. The highest BCUT2D eigenvalue weighted by molar-refractivity contribution is 7.07. The lowest BCUT2D eigenvalue weighted by Gasteiger charge is -2.26. The summed E-state index contributed by atoms with van der Waals surface area (Å²) in [6.45, 7) is 11.9. The first-order valence-electron chi connectivity index (χ1n) is 14.8. The molecule has 1 aliphatic heterocycles. The first-order chi connectivity index (χ1) is 21.7. The maximum absolute atomic E-state index is 14.1. The number of allylic oxidation sites excluding steroid dienone is 2. The van der Waals surface area contributed by atoms with Crippen LogP contribution in [0.2, 0.25) is 5.02 Å². The van der Waals surface area contributed by atoms with Crippen LogP contribution in [0.3, 0.4) is 0 Å². The highest BCUT2D eigenvalue weighted by Crippen LogP contribution is 2.36. The molecular weight excluding hydrogens is 608 g/mol. The second-order valence-electron chi connectivity index (χ2n) is 10.8. The van der Waals surface area contributed by atoms with Crippen LogP contribution in [0.5, 0.6) is 11.5 Å². The number of nitrogens with zero attached hydrogens (tertiary/aromatic N) is 2. The normalized spacial score (nSPS) is 14.6. The summed E-state index contributed by atoms with van der Waals surface area (Å²) in [6, 6.07) is 20.0. The molecule has 0 radical (unpaired) electrons. The maximum Gasteiger partial charge on any atom is 0.338 e. The van der Waals surface area contributed by atoms with Gasteiger partial charge in [-0.2, -0.15) is 0 Å². The van der Waals surface area contributed by atoms with E-state index in [1.165, 1.54) is 11.3 Å². The number of thiazole rings is 1. The summed E-state index contributed by atoms with van der Waals surface area (Å²) in [5.74, 6) is 0.812. The first-order valence-corrected chi connectivity index (χ1v) is 16.0. The lowest BCUT2D eigenvalue weighted by molar-refractivity contribution is -0.139. The van der Waals surface area contributed by atoms with Crippen LogP contribution < -0.4 is 24.4 Å². The second kappa shape index (κ2) is 14.1. The van der Waals surface area contributed by atoms with Gasteiger partial charge in [0.05, 0.1) is 28.5 Å². The standard InChI is InChI=1S/C36H35ClN2O5S/c1-6-10-26-19-25(15-18-29(26)43-21-24-13-16-27(37)17-14-24)20-31-34(40)39-33(28-11-8-9-12-30(28)44-22(3)4)32(35(41)42-7-2)23(5)38-36(39)45-31/h6,8-9,11-20,22,33H,1,7,10,21H2,2-5H3/b31-20+/t33-/m1/s1. The van der Waals surface area contributed by atoms with E-state index in [4.69, 9.17) is 30.8 Å². The van der Waals surface area contributed by atoms with E-state index in [0.717, 1.165) is 22.4 Å². The van der Waals surface area contributed by atoms with Gasteiger partial charge in [-0.15, -0.1) is 6.58 Å². The number of carbonyl (C=O) groups excluding carboxylic acids is 1. The molecule has 45 heavy (non-hydrogen) atoms. The van der Waals surface area contributed by atoms with Crippen molar-refractivity contribution in [2.75, 3.05) is 6.61 Å². The molecule has 1 aliphatic rings. The highest BCUT2D eigenvalue weighted by atomic mass is 35.5. The third kappa shape index (κ3) is 7.13. The molecule has 0 spiro atoms. The van der Waals surface area contributed by atoms with Crippen molar-refractivity contribution in [3.63, 3.8) is 0 Å². The zero-order chi connectivity index (χ0) is 32.1. The summed E-state index contributed by atoms with van der Waals surface area (Å²) < 4.78 is 19.8. The number of hydrogen-bond acceptors (Lipinski definition) is 7. The van der Waals surface area contributed by atoms with Crippen molar-refractivity contribution < 1.29 is 19.0 Å². The predicted octanol–water partition coefficient (Wildman–Crippen LogP) is 6.55. The number of halogens is 1. The van der Waals surface area contributed by atoms with Crippen LogP contribution in [0.25, 0.3) is 6.08 Å². The van der Waals surface area contributed by atoms with Gasteiger partial charge in [0.1, 0.15) is 24.1 Å². The molecule has 0 unspecified atom stereocenters. The molecule has 232 valence electrons.